The van der Waals surface area contributed by atoms with E-state index in [0.29, 0.717) is 26.8 Å². The van der Waals surface area contributed by atoms with E-state index in [1.54, 1.807) is 24.3 Å². The number of phenolic OH excluding ortho intramolecular Hbond substituents is 1. The van der Waals surface area contributed by atoms with Crippen molar-refractivity contribution in [2.75, 3.05) is 0 Å². The van der Waals surface area contributed by atoms with Crippen LogP contribution in [0.4, 0.5) is 0 Å². The average molecular weight is 274 g/mol. The molecule has 0 spiro atoms. The molecule has 0 saturated carbocycles. The van der Waals surface area contributed by atoms with Gasteiger partial charge in [-0.15, -0.1) is 0 Å². The zero-order valence-corrected chi connectivity index (χ0v) is 10.3. The maximum absolute atomic E-state index is 11.2. The monoisotopic (exact) mass is 273 g/mol. The molecule has 19 heavy (non-hydrogen) atoms. The van der Waals surface area contributed by atoms with E-state index >= 15 is 0 Å². The van der Waals surface area contributed by atoms with Crippen LogP contribution in [0.2, 0.25) is 5.02 Å². The van der Waals surface area contributed by atoms with E-state index in [0.717, 1.165) is 0 Å². The number of carboxylic acids is 1. The van der Waals surface area contributed by atoms with Crippen LogP contribution in [0.3, 0.4) is 0 Å². The topological polar surface area (TPSA) is 70.4 Å². The van der Waals surface area contributed by atoms with Gasteiger partial charge in [-0.1, -0.05) is 23.7 Å². The van der Waals surface area contributed by atoms with E-state index in [2.05, 4.69) is 4.98 Å². The van der Waals surface area contributed by atoms with Crippen LogP contribution in [-0.2, 0) is 0 Å². The number of aromatic hydroxyl groups is 1. The molecular weight excluding hydrogens is 266 g/mol. The minimum atomic E-state index is -1.04. The highest BCUT2D eigenvalue weighted by atomic mass is 35.5. The summed E-state index contributed by atoms with van der Waals surface area (Å²) in [5, 5.41) is 20.5. The molecule has 0 aliphatic heterocycles. The summed E-state index contributed by atoms with van der Waals surface area (Å²) >= 11 is 5.86. The van der Waals surface area contributed by atoms with Gasteiger partial charge in [-0.05, 0) is 24.3 Å². The molecule has 1 aromatic heterocycles. The molecule has 0 aliphatic rings. The van der Waals surface area contributed by atoms with Crippen molar-refractivity contribution in [3.63, 3.8) is 0 Å². The number of benzene rings is 2. The van der Waals surface area contributed by atoms with Gasteiger partial charge in [0.05, 0.1) is 16.6 Å². The zero-order valence-electron chi connectivity index (χ0n) is 9.59. The molecule has 0 atom stereocenters. The first-order valence-electron chi connectivity index (χ1n) is 5.51. The van der Waals surface area contributed by atoms with E-state index in [4.69, 9.17) is 16.7 Å². The molecule has 4 nitrogen and oxygen atoms in total. The van der Waals surface area contributed by atoms with Crippen LogP contribution < -0.4 is 0 Å². The van der Waals surface area contributed by atoms with Gasteiger partial charge in [0.1, 0.15) is 5.75 Å². The van der Waals surface area contributed by atoms with Gasteiger partial charge >= 0.3 is 5.97 Å². The van der Waals surface area contributed by atoms with E-state index in [1.165, 1.54) is 12.1 Å². The van der Waals surface area contributed by atoms with E-state index < -0.39 is 5.97 Å². The lowest BCUT2D eigenvalue weighted by atomic mass is 10.1. The highest BCUT2D eigenvalue weighted by Gasteiger charge is 2.12. The molecule has 0 fully saturated rings. The third-order valence-electron chi connectivity index (χ3n) is 2.93. The van der Waals surface area contributed by atoms with Crippen LogP contribution in [-0.4, -0.2) is 21.2 Å². The second kappa shape index (κ2) is 4.10. The summed E-state index contributed by atoms with van der Waals surface area (Å²) in [6.45, 7) is 0. The summed E-state index contributed by atoms with van der Waals surface area (Å²) in [7, 11) is 0. The van der Waals surface area contributed by atoms with Crippen molar-refractivity contribution < 1.29 is 15.0 Å². The number of fused-ring (bicyclic) bond motifs is 2. The van der Waals surface area contributed by atoms with Crippen molar-refractivity contribution in [3.8, 4) is 5.75 Å². The molecular formula is C14H8ClNO3. The second-order valence-electron chi connectivity index (χ2n) is 4.16. The molecule has 2 N–H and O–H groups in total. The average Bonchev–Trinajstić information content (AvgIpc) is 2.35. The number of para-hydroxylation sites is 1. The summed E-state index contributed by atoms with van der Waals surface area (Å²) in [5.41, 5.74) is 0.967. The van der Waals surface area contributed by atoms with Crippen molar-refractivity contribution in [2.45, 2.75) is 0 Å². The number of hydrogen-bond donors (Lipinski definition) is 2. The van der Waals surface area contributed by atoms with Crippen LogP contribution in [0.1, 0.15) is 10.4 Å². The maximum atomic E-state index is 11.2. The Morgan fingerprint density at radius 2 is 2.00 bits per heavy atom. The van der Waals surface area contributed by atoms with Crippen molar-refractivity contribution in [2.24, 2.45) is 0 Å². The lowest BCUT2D eigenvalue weighted by Gasteiger charge is -2.06. The Hall–Kier alpha value is -2.33. The molecule has 0 amide bonds. The van der Waals surface area contributed by atoms with Crippen molar-refractivity contribution >= 4 is 39.4 Å². The second-order valence-corrected chi connectivity index (χ2v) is 4.60. The molecule has 5 heteroatoms. The van der Waals surface area contributed by atoms with Gasteiger partial charge in [-0.2, -0.15) is 0 Å². The first-order chi connectivity index (χ1) is 9.06. The Labute approximate surface area is 112 Å². The number of rotatable bonds is 1. The molecule has 0 aliphatic carbocycles. The fraction of sp³-hybridized carbons (Fsp3) is 0. The van der Waals surface area contributed by atoms with Crippen LogP contribution in [0.25, 0.3) is 21.8 Å². The number of hydrogen-bond acceptors (Lipinski definition) is 3. The molecule has 0 radical (unpaired) electrons. The number of aromatic carboxylic acids is 1. The van der Waals surface area contributed by atoms with Gasteiger partial charge in [0.2, 0.25) is 0 Å². The smallest absolute Gasteiger partial charge is 0.337 e. The normalized spacial score (nSPS) is 11.0. The van der Waals surface area contributed by atoms with Gasteiger partial charge in [0, 0.05) is 15.8 Å². The maximum Gasteiger partial charge on any atom is 0.337 e. The Bertz CT molecular complexity index is 830. The minimum Gasteiger partial charge on any atom is -0.507 e. The fourth-order valence-electron chi connectivity index (χ4n) is 2.08. The third kappa shape index (κ3) is 1.86. The van der Waals surface area contributed by atoms with Gasteiger partial charge in [0.15, 0.2) is 0 Å². The Morgan fingerprint density at radius 3 is 2.74 bits per heavy atom. The Morgan fingerprint density at radius 1 is 1.21 bits per heavy atom. The third-order valence-corrected chi connectivity index (χ3v) is 3.15. The molecule has 3 aromatic rings. The summed E-state index contributed by atoms with van der Waals surface area (Å²) in [5.74, 6) is -1.01. The zero-order chi connectivity index (χ0) is 13.6. The first kappa shape index (κ1) is 11.7. The lowest BCUT2D eigenvalue weighted by Crippen LogP contribution is -1.98. The SMILES string of the molecule is O=C(O)c1cccc2cc3c(O)cc(Cl)cc3nc12. The van der Waals surface area contributed by atoms with Gasteiger partial charge in [-0.3, -0.25) is 0 Å². The molecule has 0 saturated heterocycles. The molecule has 2 aromatic carbocycles. The number of nitrogens with zero attached hydrogens (tertiary/aromatic N) is 1. The number of phenols is 1. The number of pyridine rings is 1. The molecule has 0 bridgehead atoms. The summed E-state index contributed by atoms with van der Waals surface area (Å²) < 4.78 is 0. The summed E-state index contributed by atoms with van der Waals surface area (Å²) in [6.07, 6.45) is 0. The Balaban J connectivity index is 2.49. The highest BCUT2D eigenvalue weighted by molar-refractivity contribution is 6.31. The van der Waals surface area contributed by atoms with E-state index in [9.17, 15) is 9.90 Å². The van der Waals surface area contributed by atoms with Crippen LogP contribution >= 0.6 is 11.6 Å². The van der Waals surface area contributed by atoms with Gasteiger partial charge < -0.3 is 10.2 Å². The van der Waals surface area contributed by atoms with Crippen molar-refractivity contribution in [3.05, 3.63) is 47.0 Å². The summed E-state index contributed by atoms with van der Waals surface area (Å²) in [6, 6.07) is 9.62. The van der Waals surface area contributed by atoms with Gasteiger partial charge in [0.25, 0.3) is 0 Å². The highest BCUT2D eigenvalue weighted by Crippen LogP contribution is 2.31. The number of carbonyl (C=O) groups is 1. The molecule has 3 rings (SSSR count). The molecule has 1 heterocycles. The predicted octanol–water partition coefficient (Wildman–Crippen LogP) is 3.45. The first-order valence-corrected chi connectivity index (χ1v) is 5.89. The van der Waals surface area contributed by atoms with E-state index in [-0.39, 0.29) is 11.3 Å². The van der Waals surface area contributed by atoms with Crippen LogP contribution in [0, 0.1) is 0 Å². The summed E-state index contributed by atoms with van der Waals surface area (Å²) in [4.78, 5) is 15.5. The molecule has 94 valence electrons. The minimum absolute atomic E-state index is 0.0256. The fourth-order valence-corrected chi connectivity index (χ4v) is 2.29. The predicted molar refractivity (Wildman–Crippen MR) is 72.9 cm³/mol. The van der Waals surface area contributed by atoms with Crippen molar-refractivity contribution in [1.82, 2.24) is 4.98 Å². The number of carboxylic acid groups (broad SMARTS) is 1. The quantitative estimate of drug-likeness (QED) is 0.666. The molecule has 0 unspecified atom stereocenters. The largest absolute Gasteiger partial charge is 0.507 e. The van der Waals surface area contributed by atoms with Gasteiger partial charge in [-0.25, -0.2) is 9.78 Å². The van der Waals surface area contributed by atoms with Crippen molar-refractivity contribution in [1.29, 1.82) is 0 Å². The Kier molecular flexibility index (Phi) is 2.54. The lowest BCUT2D eigenvalue weighted by molar-refractivity contribution is 0.0699. The van der Waals surface area contributed by atoms with Crippen LogP contribution in [0.15, 0.2) is 36.4 Å². The number of halogens is 1. The van der Waals surface area contributed by atoms with E-state index in [1.807, 2.05) is 0 Å². The number of aromatic nitrogens is 1. The standard InChI is InChI=1S/C14H8ClNO3/c15-8-5-11-10(12(17)6-8)4-7-2-1-3-9(14(18)19)13(7)16-11/h1-6,17H,(H,18,19). The van der Waals surface area contributed by atoms with Crippen LogP contribution in [0.5, 0.6) is 5.75 Å².